The van der Waals surface area contributed by atoms with E-state index in [9.17, 15) is 0 Å². The van der Waals surface area contributed by atoms with Crippen LogP contribution < -0.4 is 10.5 Å². The third kappa shape index (κ3) is 3.90. The van der Waals surface area contributed by atoms with Gasteiger partial charge in [0.25, 0.3) is 0 Å². The molecule has 112 valence electrons. The monoisotopic (exact) mass is 295 g/mol. The highest BCUT2D eigenvalue weighted by Crippen LogP contribution is 2.13. The lowest BCUT2D eigenvalue weighted by Crippen LogP contribution is -2.55. The molecule has 1 aliphatic heterocycles. The molecule has 20 heavy (non-hydrogen) atoms. The summed E-state index contributed by atoms with van der Waals surface area (Å²) < 4.78 is 17.3. The van der Waals surface area contributed by atoms with Gasteiger partial charge >= 0.3 is 8.80 Å². The minimum absolute atomic E-state index is 0.569. The van der Waals surface area contributed by atoms with Gasteiger partial charge in [0.05, 0.1) is 0 Å². The van der Waals surface area contributed by atoms with Crippen LogP contribution in [0, 0.1) is 0 Å². The van der Waals surface area contributed by atoms with Crippen molar-refractivity contribution in [3.8, 4) is 0 Å². The molecule has 1 fully saturated rings. The van der Waals surface area contributed by atoms with Crippen molar-refractivity contribution in [1.29, 1.82) is 0 Å². The fraction of sp³-hybridized carbons (Fsp3) is 0.600. The summed E-state index contributed by atoms with van der Waals surface area (Å²) in [5.74, 6) is 0. The first-order valence-corrected chi connectivity index (χ1v) is 9.06. The maximum absolute atomic E-state index is 6.07. The Bertz CT molecular complexity index is 378. The Kier molecular flexibility index (Phi) is 6.19. The van der Waals surface area contributed by atoms with Gasteiger partial charge in [-0.3, -0.25) is 0 Å². The standard InChI is InChI=1S/C15H25NO3Si/c1-17-20(18-2,15-9-4-3-5-10-15)19-13-11-14-8-6-7-12-16-14/h3-5,9-10,14,16H,6-8,11-13H2,1-2H3. The average molecular weight is 295 g/mol. The van der Waals surface area contributed by atoms with E-state index in [2.05, 4.69) is 5.32 Å². The molecule has 0 bridgehead atoms. The summed E-state index contributed by atoms with van der Waals surface area (Å²) >= 11 is 0. The predicted molar refractivity (Wildman–Crippen MR) is 82.1 cm³/mol. The molecule has 0 amide bonds. The fourth-order valence-electron chi connectivity index (χ4n) is 2.67. The van der Waals surface area contributed by atoms with Crippen LogP contribution in [0.1, 0.15) is 25.7 Å². The van der Waals surface area contributed by atoms with Gasteiger partial charge < -0.3 is 18.6 Å². The molecule has 1 aromatic carbocycles. The molecule has 2 rings (SSSR count). The smallest absolute Gasteiger partial charge is 0.373 e. The second-order valence-corrected chi connectivity index (χ2v) is 7.91. The fourth-order valence-corrected chi connectivity index (χ4v) is 4.70. The van der Waals surface area contributed by atoms with E-state index in [1.165, 1.54) is 19.3 Å². The highest BCUT2D eigenvalue weighted by atomic mass is 28.4. The highest BCUT2D eigenvalue weighted by molar-refractivity contribution is 6.75. The van der Waals surface area contributed by atoms with Gasteiger partial charge in [-0.2, -0.15) is 0 Å². The maximum atomic E-state index is 6.07. The van der Waals surface area contributed by atoms with Crippen molar-refractivity contribution in [3.05, 3.63) is 30.3 Å². The van der Waals surface area contributed by atoms with Crippen LogP contribution in [0.2, 0.25) is 0 Å². The predicted octanol–water partition coefficient (Wildman–Crippen LogP) is 1.67. The van der Waals surface area contributed by atoms with Crippen molar-refractivity contribution in [1.82, 2.24) is 5.32 Å². The van der Waals surface area contributed by atoms with Crippen molar-refractivity contribution in [2.75, 3.05) is 27.4 Å². The Morgan fingerprint density at radius 2 is 1.90 bits per heavy atom. The minimum atomic E-state index is -2.73. The Morgan fingerprint density at radius 1 is 1.15 bits per heavy atom. The molecular formula is C15H25NO3Si. The molecule has 0 aliphatic carbocycles. The number of hydrogen-bond acceptors (Lipinski definition) is 4. The average Bonchev–Trinajstić information content (AvgIpc) is 2.54. The molecule has 0 saturated carbocycles. The van der Waals surface area contributed by atoms with Crippen LogP contribution in [0.4, 0.5) is 0 Å². The van der Waals surface area contributed by atoms with Gasteiger partial charge in [0.1, 0.15) is 0 Å². The summed E-state index contributed by atoms with van der Waals surface area (Å²) in [5.41, 5.74) is 0. The van der Waals surface area contributed by atoms with Gasteiger partial charge in [0.2, 0.25) is 0 Å². The molecule has 1 N–H and O–H groups in total. The Balaban J connectivity index is 1.91. The minimum Gasteiger partial charge on any atom is -0.373 e. The van der Waals surface area contributed by atoms with Crippen LogP contribution in [0.5, 0.6) is 0 Å². The third-order valence-corrected chi connectivity index (χ3v) is 6.54. The van der Waals surface area contributed by atoms with E-state index in [1.807, 2.05) is 30.3 Å². The lowest BCUT2D eigenvalue weighted by Gasteiger charge is -2.28. The van der Waals surface area contributed by atoms with Gasteiger partial charge in [-0.25, -0.2) is 0 Å². The van der Waals surface area contributed by atoms with Gasteiger partial charge in [0.15, 0.2) is 0 Å². The zero-order valence-corrected chi connectivity index (χ0v) is 13.4. The molecular weight excluding hydrogens is 270 g/mol. The van der Waals surface area contributed by atoms with E-state index in [0.29, 0.717) is 12.6 Å². The molecule has 0 spiro atoms. The Hall–Kier alpha value is -0.723. The third-order valence-electron chi connectivity index (χ3n) is 3.84. The molecule has 1 aliphatic rings. The van der Waals surface area contributed by atoms with Crippen molar-refractivity contribution in [2.24, 2.45) is 0 Å². The first kappa shape index (κ1) is 15.7. The Labute approximate surface area is 122 Å². The maximum Gasteiger partial charge on any atom is 0.536 e. The first-order chi connectivity index (χ1) is 9.80. The van der Waals surface area contributed by atoms with E-state index in [0.717, 1.165) is 18.2 Å². The number of piperidine rings is 1. The van der Waals surface area contributed by atoms with Crippen LogP contribution in [0.3, 0.4) is 0 Å². The van der Waals surface area contributed by atoms with Crippen LogP contribution in [-0.4, -0.2) is 42.2 Å². The zero-order chi connectivity index (χ0) is 14.3. The molecule has 5 heteroatoms. The molecule has 1 saturated heterocycles. The summed E-state index contributed by atoms with van der Waals surface area (Å²) in [4.78, 5) is 0. The molecule has 4 nitrogen and oxygen atoms in total. The van der Waals surface area contributed by atoms with E-state index in [4.69, 9.17) is 13.3 Å². The summed E-state index contributed by atoms with van der Waals surface area (Å²) in [7, 11) is 0.605. The largest absolute Gasteiger partial charge is 0.536 e. The lowest BCUT2D eigenvalue weighted by molar-refractivity contribution is 0.107. The van der Waals surface area contributed by atoms with E-state index < -0.39 is 8.80 Å². The highest BCUT2D eigenvalue weighted by Gasteiger charge is 2.41. The summed E-state index contributed by atoms with van der Waals surface area (Å²) in [6.45, 7) is 1.79. The van der Waals surface area contributed by atoms with Crippen molar-refractivity contribution in [3.63, 3.8) is 0 Å². The second kappa shape index (κ2) is 7.90. The van der Waals surface area contributed by atoms with Crippen LogP contribution in [0.25, 0.3) is 0 Å². The number of benzene rings is 1. The van der Waals surface area contributed by atoms with Crippen molar-refractivity contribution >= 4 is 14.0 Å². The summed E-state index contributed by atoms with van der Waals surface area (Å²) in [5, 5.41) is 4.55. The zero-order valence-electron chi connectivity index (χ0n) is 12.4. The number of rotatable bonds is 7. The van der Waals surface area contributed by atoms with E-state index in [1.54, 1.807) is 14.2 Å². The molecule has 1 heterocycles. The first-order valence-electron chi connectivity index (χ1n) is 7.34. The topological polar surface area (TPSA) is 39.7 Å². The van der Waals surface area contributed by atoms with Crippen LogP contribution in [0.15, 0.2) is 30.3 Å². The van der Waals surface area contributed by atoms with Gasteiger partial charge in [-0.1, -0.05) is 36.8 Å². The van der Waals surface area contributed by atoms with Gasteiger partial charge in [-0.15, -0.1) is 0 Å². The van der Waals surface area contributed by atoms with E-state index >= 15 is 0 Å². The SMILES string of the molecule is CO[Si](OC)(OCCC1CCCCN1)c1ccccc1. The normalized spacial score (nSPS) is 20.0. The van der Waals surface area contributed by atoms with Crippen molar-refractivity contribution in [2.45, 2.75) is 31.7 Å². The van der Waals surface area contributed by atoms with Gasteiger partial charge in [0, 0.05) is 32.1 Å². The molecule has 1 aromatic rings. The van der Waals surface area contributed by atoms with Gasteiger partial charge in [-0.05, 0) is 25.8 Å². The number of hydrogen-bond donors (Lipinski definition) is 1. The van der Waals surface area contributed by atoms with E-state index in [-0.39, 0.29) is 0 Å². The molecule has 1 atom stereocenters. The number of nitrogens with one attached hydrogen (secondary N) is 1. The molecule has 1 unspecified atom stereocenters. The van der Waals surface area contributed by atoms with Crippen LogP contribution in [-0.2, 0) is 13.3 Å². The molecule has 0 radical (unpaired) electrons. The summed E-state index contributed by atoms with van der Waals surface area (Å²) in [6, 6.07) is 10.6. The Morgan fingerprint density at radius 3 is 2.50 bits per heavy atom. The second-order valence-electron chi connectivity index (χ2n) is 5.11. The quantitative estimate of drug-likeness (QED) is 0.777. The molecule has 0 aromatic heterocycles. The van der Waals surface area contributed by atoms with Crippen molar-refractivity contribution < 1.29 is 13.3 Å². The van der Waals surface area contributed by atoms with Crippen LogP contribution >= 0.6 is 0 Å². The lowest BCUT2D eigenvalue weighted by atomic mass is 10.0. The summed E-state index contributed by atoms with van der Waals surface area (Å²) in [6.07, 6.45) is 4.85.